The van der Waals surface area contributed by atoms with Gasteiger partial charge in [0.2, 0.25) is 0 Å². The van der Waals surface area contributed by atoms with Gasteiger partial charge in [-0.1, -0.05) is 42.5 Å². The molecule has 6 heteroatoms. The Hall–Kier alpha value is -2.57. The number of morpholine rings is 1. The van der Waals surface area contributed by atoms with Gasteiger partial charge in [0, 0.05) is 13.1 Å². The van der Waals surface area contributed by atoms with Crippen LogP contribution in [0.3, 0.4) is 0 Å². The van der Waals surface area contributed by atoms with Crippen LogP contribution >= 0.6 is 0 Å². The zero-order chi connectivity index (χ0) is 17.5. The summed E-state index contributed by atoms with van der Waals surface area (Å²) >= 11 is 0. The van der Waals surface area contributed by atoms with Crippen LogP contribution in [0.4, 0.5) is 4.39 Å². The summed E-state index contributed by atoms with van der Waals surface area (Å²) in [5.41, 5.74) is 4.22. The molecule has 0 bridgehead atoms. The van der Waals surface area contributed by atoms with Crippen molar-refractivity contribution >= 4 is 12.1 Å². The molecule has 25 heavy (non-hydrogen) atoms. The van der Waals surface area contributed by atoms with Crippen LogP contribution in [0.15, 0.2) is 59.7 Å². The molecule has 1 aliphatic heterocycles. The SMILES string of the molecule is O=C(N/N=C\c1ccc(F)cc1)[C@@H](c1ccccc1)N1CCOCC1. The second-order valence-electron chi connectivity index (χ2n) is 5.75. The van der Waals surface area contributed by atoms with E-state index in [9.17, 15) is 9.18 Å². The van der Waals surface area contributed by atoms with Gasteiger partial charge in [-0.15, -0.1) is 0 Å². The summed E-state index contributed by atoms with van der Waals surface area (Å²) in [4.78, 5) is 14.8. The second kappa shape index (κ2) is 8.50. The molecule has 1 amide bonds. The van der Waals surface area contributed by atoms with Crippen molar-refractivity contribution in [2.45, 2.75) is 6.04 Å². The highest BCUT2D eigenvalue weighted by Crippen LogP contribution is 2.22. The number of hydrazone groups is 1. The highest BCUT2D eigenvalue weighted by Gasteiger charge is 2.28. The van der Waals surface area contributed by atoms with E-state index in [1.54, 1.807) is 12.1 Å². The molecule has 1 heterocycles. The number of halogens is 1. The van der Waals surface area contributed by atoms with Gasteiger partial charge in [0.25, 0.3) is 5.91 Å². The lowest BCUT2D eigenvalue weighted by molar-refractivity contribution is -0.128. The van der Waals surface area contributed by atoms with E-state index in [1.165, 1.54) is 18.3 Å². The third-order valence-electron chi connectivity index (χ3n) is 4.03. The van der Waals surface area contributed by atoms with Crippen LogP contribution in [0.25, 0.3) is 0 Å². The Morgan fingerprint density at radius 1 is 1.12 bits per heavy atom. The fourth-order valence-electron chi connectivity index (χ4n) is 2.78. The van der Waals surface area contributed by atoms with Gasteiger partial charge in [0.05, 0.1) is 19.4 Å². The van der Waals surface area contributed by atoms with Crippen LogP contribution in [-0.2, 0) is 9.53 Å². The number of carbonyl (C=O) groups is 1. The lowest BCUT2D eigenvalue weighted by Crippen LogP contribution is -2.44. The number of nitrogens with one attached hydrogen (secondary N) is 1. The van der Waals surface area contributed by atoms with Crippen LogP contribution < -0.4 is 5.43 Å². The van der Waals surface area contributed by atoms with E-state index in [0.717, 1.165) is 5.56 Å². The molecule has 5 nitrogen and oxygen atoms in total. The molecule has 0 aromatic heterocycles. The average molecular weight is 341 g/mol. The van der Waals surface area contributed by atoms with Crippen LogP contribution in [0.5, 0.6) is 0 Å². The zero-order valence-corrected chi connectivity index (χ0v) is 13.8. The molecule has 0 aliphatic carbocycles. The highest BCUT2D eigenvalue weighted by atomic mass is 19.1. The summed E-state index contributed by atoms with van der Waals surface area (Å²) < 4.78 is 18.3. The fourth-order valence-corrected chi connectivity index (χ4v) is 2.78. The smallest absolute Gasteiger partial charge is 0.262 e. The summed E-state index contributed by atoms with van der Waals surface area (Å²) in [6.45, 7) is 2.59. The first-order valence-corrected chi connectivity index (χ1v) is 8.19. The predicted molar refractivity (Wildman–Crippen MR) is 93.7 cm³/mol. The first kappa shape index (κ1) is 17.3. The summed E-state index contributed by atoms with van der Waals surface area (Å²) in [7, 11) is 0. The van der Waals surface area contributed by atoms with E-state index in [0.29, 0.717) is 31.9 Å². The van der Waals surface area contributed by atoms with Crippen molar-refractivity contribution in [3.05, 3.63) is 71.5 Å². The Balaban J connectivity index is 1.71. The summed E-state index contributed by atoms with van der Waals surface area (Å²) in [6.07, 6.45) is 1.50. The van der Waals surface area contributed by atoms with Gasteiger partial charge in [-0.3, -0.25) is 9.69 Å². The van der Waals surface area contributed by atoms with Crippen molar-refractivity contribution in [2.24, 2.45) is 5.10 Å². The minimum atomic E-state index is -0.421. The molecule has 3 rings (SSSR count). The highest BCUT2D eigenvalue weighted by molar-refractivity contribution is 5.85. The standard InChI is InChI=1S/C19H20FN3O2/c20-17-8-6-15(7-9-17)14-21-22-19(24)18(16-4-2-1-3-5-16)23-10-12-25-13-11-23/h1-9,14,18H,10-13H2,(H,22,24)/b21-14-/t18-/m1/s1. The number of carbonyl (C=O) groups excluding carboxylic acids is 1. The molecule has 0 unspecified atom stereocenters. The first-order valence-electron chi connectivity index (χ1n) is 8.19. The molecule has 1 aliphatic rings. The van der Waals surface area contributed by atoms with Crippen LogP contribution in [-0.4, -0.2) is 43.3 Å². The Labute approximate surface area is 146 Å². The molecule has 0 saturated carbocycles. The van der Waals surface area contributed by atoms with Crippen molar-refractivity contribution in [3.8, 4) is 0 Å². The lowest BCUT2D eigenvalue weighted by atomic mass is 10.0. The monoisotopic (exact) mass is 341 g/mol. The van der Waals surface area contributed by atoms with Crippen LogP contribution in [0, 0.1) is 5.82 Å². The maximum atomic E-state index is 12.9. The third kappa shape index (κ3) is 4.71. The minimum absolute atomic E-state index is 0.202. The Morgan fingerprint density at radius 3 is 2.48 bits per heavy atom. The summed E-state index contributed by atoms with van der Waals surface area (Å²) in [5.74, 6) is -0.510. The van der Waals surface area contributed by atoms with E-state index >= 15 is 0 Å². The molecule has 0 radical (unpaired) electrons. The second-order valence-corrected chi connectivity index (χ2v) is 5.75. The normalized spacial score (nSPS) is 16.7. The predicted octanol–water partition coefficient (Wildman–Crippen LogP) is 2.35. The number of nitrogens with zero attached hydrogens (tertiary/aromatic N) is 2. The number of hydrogen-bond acceptors (Lipinski definition) is 4. The van der Waals surface area contributed by atoms with Crippen molar-refractivity contribution < 1.29 is 13.9 Å². The number of rotatable bonds is 5. The number of amides is 1. The van der Waals surface area contributed by atoms with E-state index in [2.05, 4.69) is 15.4 Å². The van der Waals surface area contributed by atoms with E-state index < -0.39 is 6.04 Å². The number of ether oxygens (including phenoxy) is 1. The number of benzene rings is 2. The van der Waals surface area contributed by atoms with Gasteiger partial charge in [0.1, 0.15) is 11.9 Å². The minimum Gasteiger partial charge on any atom is -0.379 e. The van der Waals surface area contributed by atoms with Gasteiger partial charge in [0.15, 0.2) is 0 Å². The van der Waals surface area contributed by atoms with E-state index in [-0.39, 0.29) is 11.7 Å². The molecule has 0 spiro atoms. The molecule has 1 N–H and O–H groups in total. The third-order valence-corrected chi connectivity index (χ3v) is 4.03. The topological polar surface area (TPSA) is 53.9 Å². The largest absolute Gasteiger partial charge is 0.379 e. The Morgan fingerprint density at radius 2 is 1.80 bits per heavy atom. The Bertz CT molecular complexity index is 713. The van der Waals surface area contributed by atoms with Crippen molar-refractivity contribution in [1.29, 1.82) is 0 Å². The van der Waals surface area contributed by atoms with Crippen molar-refractivity contribution in [1.82, 2.24) is 10.3 Å². The molecule has 1 atom stereocenters. The van der Waals surface area contributed by atoms with Gasteiger partial charge >= 0.3 is 0 Å². The van der Waals surface area contributed by atoms with E-state index in [1.807, 2.05) is 30.3 Å². The molecular weight excluding hydrogens is 321 g/mol. The lowest BCUT2D eigenvalue weighted by Gasteiger charge is -2.33. The number of hydrogen-bond donors (Lipinski definition) is 1. The van der Waals surface area contributed by atoms with Crippen LogP contribution in [0.2, 0.25) is 0 Å². The quantitative estimate of drug-likeness (QED) is 0.671. The molecule has 2 aromatic rings. The van der Waals surface area contributed by atoms with Gasteiger partial charge < -0.3 is 4.74 Å². The van der Waals surface area contributed by atoms with Gasteiger partial charge in [-0.2, -0.15) is 5.10 Å². The maximum absolute atomic E-state index is 12.9. The van der Waals surface area contributed by atoms with Crippen molar-refractivity contribution in [2.75, 3.05) is 26.3 Å². The average Bonchev–Trinajstić information content (AvgIpc) is 2.65. The molecular formula is C19H20FN3O2. The van der Waals surface area contributed by atoms with Crippen LogP contribution in [0.1, 0.15) is 17.2 Å². The molecule has 130 valence electrons. The summed E-state index contributed by atoms with van der Waals surface area (Å²) in [5, 5.41) is 4.01. The maximum Gasteiger partial charge on any atom is 0.262 e. The zero-order valence-electron chi connectivity index (χ0n) is 13.8. The molecule has 1 fully saturated rings. The molecule has 1 saturated heterocycles. The Kier molecular flexibility index (Phi) is 5.87. The first-order chi connectivity index (χ1) is 12.2. The van der Waals surface area contributed by atoms with Crippen molar-refractivity contribution in [3.63, 3.8) is 0 Å². The fraction of sp³-hybridized carbons (Fsp3) is 0.263. The van der Waals surface area contributed by atoms with Gasteiger partial charge in [-0.05, 0) is 23.3 Å². The summed E-state index contributed by atoms with van der Waals surface area (Å²) in [6, 6.07) is 15.1. The van der Waals surface area contributed by atoms with Gasteiger partial charge in [-0.25, -0.2) is 9.82 Å². The molecule has 2 aromatic carbocycles. The van der Waals surface area contributed by atoms with E-state index in [4.69, 9.17) is 4.74 Å².